The van der Waals surface area contributed by atoms with Crippen LogP contribution in [0.25, 0.3) is 16.2 Å². The average Bonchev–Trinajstić information content (AvgIpc) is 2.98. The van der Waals surface area contributed by atoms with Crippen molar-refractivity contribution in [2.75, 3.05) is 0 Å². The minimum Gasteiger partial charge on any atom is -0.216 e. The summed E-state index contributed by atoms with van der Waals surface area (Å²) in [5, 5.41) is 14.5. The summed E-state index contributed by atoms with van der Waals surface area (Å²) in [6, 6.07) is 5.06. The molecule has 21 heavy (non-hydrogen) atoms. The zero-order chi connectivity index (χ0) is 15.0. The molecule has 3 rings (SSSR count). The smallest absolute Gasteiger partial charge is 0.214 e. The molecule has 0 bridgehead atoms. The SMILES string of the molecule is CCCc1nn2c(C#N)c(-c3cc(F)ccc3F)nc2s1. The summed E-state index contributed by atoms with van der Waals surface area (Å²) in [6.45, 7) is 2.03. The van der Waals surface area contributed by atoms with Crippen LogP contribution in [0.2, 0.25) is 0 Å². The first-order valence-electron chi connectivity index (χ1n) is 6.38. The fourth-order valence-corrected chi connectivity index (χ4v) is 3.06. The highest BCUT2D eigenvalue weighted by molar-refractivity contribution is 7.16. The molecule has 3 aromatic rings. The maximum absolute atomic E-state index is 13.9. The Morgan fingerprint density at radius 1 is 1.38 bits per heavy atom. The Labute approximate surface area is 123 Å². The summed E-state index contributed by atoms with van der Waals surface area (Å²) in [6.07, 6.45) is 1.73. The molecule has 0 atom stereocenters. The van der Waals surface area contributed by atoms with Crippen LogP contribution in [0.1, 0.15) is 24.0 Å². The van der Waals surface area contributed by atoms with Crippen LogP contribution in [-0.4, -0.2) is 14.6 Å². The van der Waals surface area contributed by atoms with E-state index in [1.807, 2.05) is 13.0 Å². The first kappa shape index (κ1) is 13.6. The zero-order valence-corrected chi connectivity index (χ0v) is 11.9. The number of nitrogens with zero attached hydrogens (tertiary/aromatic N) is 4. The molecule has 4 nitrogen and oxygen atoms in total. The average molecular weight is 304 g/mol. The van der Waals surface area contributed by atoms with Crippen molar-refractivity contribution in [1.29, 1.82) is 5.26 Å². The van der Waals surface area contributed by atoms with Gasteiger partial charge in [0.2, 0.25) is 4.96 Å². The Morgan fingerprint density at radius 2 is 2.19 bits per heavy atom. The van der Waals surface area contributed by atoms with E-state index in [0.29, 0.717) is 4.96 Å². The van der Waals surface area contributed by atoms with E-state index in [1.165, 1.54) is 15.9 Å². The lowest BCUT2D eigenvalue weighted by atomic mass is 10.1. The standard InChI is InChI=1S/C14H10F2N4S/c1-2-3-12-19-20-11(7-17)13(18-14(20)21-12)9-6-8(15)4-5-10(9)16/h4-6H,2-3H2,1H3. The van der Waals surface area contributed by atoms with Crippen LogP contribution >= 0.6 is 11.3 Å². The predicted molar refractivity (Wildman–Crippen MR) is 74.9 cm³/mol. The molecule has 0 N–H and O–H groups in total. The number of imidazole rings is 1. The van der Waals surface area contributed by atoms with Crippen molar-refractivity contribution in [3.05, 3.63) is 40.5 Å². The molecular formula is C14H10F2N4S. The highest BCUT2D eigenvalue weighted by atomic mass is 32.1. The van der Waals surface area contributed by atoms with Gasteiger partial charge in [0, 0.05) is 12.0 Å². The van der Waals surface area contributed by atoms with Crippen molar-refractivity contribution in [1.82, 2.24) is 14.6 Å². The Kier molecular flexibility index (Phi) is 3.39. The van der Waals surface area contributed by atoms with Gasteiger partial charge in [-0.1, -0.05) is 18.3 Å². The number of aromatic nitrogens is 3. The molecule has 0 spiro atoms. The third kappa shape index (κ3) is 2.28. The molecule has 0 aliphatic rings. The summed E-state index contributed by atoms with van der Waals surface area (Å²) in [5.74, 6) is -1.20. The Bertz CT molecular complexity index is 860. The predicted octanol–water partition coefficient (Wildman–Crippen LogP) is 3.56. The Hall–Kier alpha value is -2.33. The summed E-state index contributed by atoms with van der Waals surface area (Å²) in [7, 11) is 0. The van der Waals surface area contributed by atoms with Crippen molar-refractivity contribution >= 4 is 16.3 Å². The number of benzene rings is 1. The van der Waals surface area contributed by atoms with Gasteiger partial charge in [0.05, 0.1) is 0 Å². The summed E-state index contributed by atoms with van der Waals surface area (Å²) in [4.78, 5) is 4.76. The molecule has 0 amide bonds. The van der Waals surface area contributed by atoms with E-state index in [-0.39, 0.29) is 17.0 Å². The molecule has 7 heteroatoms. The van der Waals surface area contributed by atoms with Crippen LogP contribution in [0.5, 0.6) is 0 Å². The molecule has 2 aromatic heterocycles. The number of fused-ring (bicyclic) bond motifs is 1. The third-order valence-electron chi connectivity index (χ3n) is 3.00. The molecule has 0 radical (unpaired) electrons. The van der Waals surface area contributed by atoms with Gasteiger partial charge in [-0.2, -0.15) is 14.9 Å². The molecule has 1 aromatic carbocycles. The number of rotatable bonds is 3. The van der Waals surface area contributed by atoms with Gasteiger partial charge < -0.3 is 0 Å². The largest absolute Gasteiger partial charge is 0.216 e. The van der Waals surface area contributed by atoms with Gasteiger partial charge in [-0.05, 0) is 24.6 Å². The topological polar surface area (TPSA) is 54.0 Å². The minimum absolute atomic E-state index is 0.0266. The van der Waals surface area contributed by atoms with Gasteiger partial charge >= 0.3 is 0 Å². The summed E-state index contributed by atoms with van der Waals surface area (Å²) in [5.41, 5.74) is 0.214. The van der Waals surface area contributed by atoms with Crippen molar-refractivity contribution < 1.29 is 8.78 Å². The van der Waals surface area contributed by atoms with Crippen LogP contribution in [0.15, 0.2) is 18.2 Å². The second-order valence-corrected chi connectivity index (χ2v) is 5.53. The number of aryl methyl sites for hydroxylation is 1. The molecule has 0 saturated heterocycles. The van der Waals surface area contributed by atoms with E-state index >= 15 is 0 Å². The minimum atomic E-state index is -0.618. The number of hydrogen-bond donors (Lipinski definition) is 0. The fraction of sp³-hybridized carbons (Fsp3) is 0.214. The number of hydrogen-bond acceptors (Lipinski definition) is 4. The van der Waals surface area contributed by atoms with Gasteiger partial charge in [0.15, 0.2) is 5.69 Å². The highest BCUT2D eigenvalue weighted by Gasteiger charge is 2.20. The lowest BCUT2D eigenvalue weighted by molar-refractivity contribution is 0.602. The molecule has 0 aliphatic heterocycles. The van der Waals surface area contributed by atoms with E-state index < -0.39 is 11.6 Å². The quantitative estimate of drug-likeness (QED) is 0.743. The fourth-order valence-electron chi connectivity index (χ4n) is 2.07. The van der Waals surface area contributed by atoms with Crippen molar-refractivity contribution in [3.8, 4) is 17.3 Å². The second-order valence-electron chi connectivity index (χ2n) is 4.49. The Morgan fingerprint density at radius 3 is 2.90 bits per heavy atom. The lowest BCUT2D eigenvalue weighted by Crippen LogP contribution is -1.94. The van der Waals surface area contributed by atoms with E-state index in [1.54, 1.807) is 0 Å². The van der Waals surface area contributed by atoms with Gasteiger partial charge in [0.25, 0.3) is 0 Å². The van der Waals surface area contributed by atoms with Gasteiger partial charge in [0.1, 0.15) is 28.4 Å². The zero-order valence-electron chi connectivity index (χ0n) is 11.1. The van der Waals surface area contributed by atoms with E-state index in [2.05, 4.69) is 10.1 Å². The van der Waals surface area contributed by atoms with Crippen molar-refractivity contribution in [2.45, 2.75) is 19.8 Å². The normalized spacial score (nSPS) is 11.0. The van der Waals surface area contributed by atoms with Crippen LogP contribution in [-0.2, 0) is 6.42 Å². The number of halogens is 2. The molecule has 0 aliphatic carbocycles. The molecule has 0 unspecified atom stereocenters. The lowest BCUT2D eigenvalue weighted by Gasteiger charge is -2.00. The van der Waals surface area contributed by atoms with E-state index in [0.717, 1.165) is 36.0 Å². The number of nitriles is 1. The van der Waals surface area contributed by atoms with Crippen LogP contribution in [0.3, 0.4) is 0 Å². The molecule has 0 saturated carbocycles. The van der Waals surface area contributed by atoms with Crippen LogP contribution < -0.4 is 0 Å². The summed E-state index contributed by atoms with van der Waals surface area (Å²) >= 11 is 1.35. The first-order valence-corrected chi connectivity index (χ1v) is 7.19. The molecule has 0 fully saturated rings. The molecule has 2 heterocycles. The second kappa shape index (κ2) is 5.22. The van der Waals surface area contributed by atoms with E-state index in [9.17, 15) is 14.0 Å². The van der Waals surface area contributed by atoms with Gasteiger partial charge in [-0.25, -0.2) is 13.8 Å². The van der Waals surface area contributed by atoms with Gasteiger partial charge in [-0.3, -0.25) is 0 Å². The molecule has 106 valence electrons. The van der Waals surface area contributed by atoms with E-state index in [4.69, 9.17) is 0 Å². The first-order chi connectivity index (χ1) is 10.1. The van der Waals surface area contributed by atoms with Crippen LogP contribution in [0.4, 0.5) is 8.78 Å². The Balaban J connectivity index is 2.21. The van der Waals surface area contributed by atoms with Crippen molar-refractivity contribution in [3.63, 3.8) is 0 Å². The summed E-state index contributed by atoms with van der Waals surface area (Å²) < 4.78 is 28.6. The van der Waals surface area contributed by atoms with Crippen molar-refractivity contribution in [2.24, 2.45) is 0 Å². The van der Waals surface area contributed by atoms with Gasteiger partial charge in [-0.15, -0.1) is 0 Å². The highest BCUT2D eigenvalue weighted by Crippen LogP contribution is 2.29. The molecular weight excluding hydrogens is 294 g/mol. The third-order valence-corrected chi connectivity index (χ3v) is 3.97. The maximum atomic E-state index is 13.9. The monoisotopic (exact) mass is 304 g/mol. The maximum Gasteiger partial charge on any atom is 0.214 e. The van der Waals surface area contributed by atoms with Crippen LogP contribution in [0, 0.1) is 23.0 Å².